The Balaban J connectivity index is 2.66. The molecule has 1 heterocycles. The lowest BCUT2D eigenvalue weighted by molar-refractivity contribution is 0.0594. The fourth-order valence-electron chi connectivity index (χ4n) is 1.95. The molecule has 0 aliphatic heterocycles. The van der Waals surface area contributed by atoms with Gasteiger partial charge in [0.2, 0.25) is 0 Å². The van der Waals surface area contributed by atoms with E-state index in [1.807, 2.05) is 6.92 Å². The Morgan fingerprint density at radius 1 is 1.14 bits per heavy atom. The molecule has 0 fully saturated rings. The summed E-state index contributed by atoms with van der Waals surface area (Å²) in [7, 11) is 1.26. The fraction of sp³-hybridized carbons (Fsp3) is 0.333. The van der Waals surface area contributed by atoms with E-state index >= 15 is 0 Å². The van der Waals surface area contributed by atoms with Gasteiger partial charge in [0, 0.05) is 17.5 Å². The molecule has 0 aliphatic carbocycles. The second-order valence-electron chi connectivity index (χ2n) is 4.16. The number of nitrogens with zero attached hydrogens (tertiary/aromatic N) is 1. The van der Waals surface area contributed by atoms with E-state index in [4.69, 9.17) is 9.47 Å². The van der Waals surface area contributed by atoms with Gasteiger partial charge in [-0.25, -0.2) is 14.2 Å². The van der Waals surface area contributed by atoms with E-state index < -0.39 is 11.8 Å². The van der Waals surface area contributed by atoms with Crippen molar-refractivity contribution >= 4 is 16.9 Å². The maximum atomic E-state index is 13.9. The third-order valence-electron chi connectivity index (χ3n) is 2.82. The van der Waals surface area contributed by atoms with Gasteiger partial charge in [-0.05, 0) is 19.9 Å². The summed E-state index contributed by atoms with van der Waals surface area (Å²) in [5, 5.41) is 0.578. The summed E-state index contributed by atoms with van der Waals surface area (Å²) in [4.78, 5) is 15.7. The molecule has 0 bridgehead atoms. The third kappa shape index (κ3) is 3.04. The highest BCUT2D eigenvalue weighted by molar-refractivity contribution is 5.94. The van der Waals surface area contributed by atoms with Crippen LogP contribution in [0.25, 0.3) is 10.9 Å². The van der Waals surface area contributed by atoms with E-state index in [1.54, 1.807) is 6.92 Å². The van der Waals surface area contributed by atoms with Crippen LogP contribution >= 0.6 is 0 Å². The van der Waals surface area contributed by atoms with E-state index in [2.05, 4.69) is 9.72 Å². The van der Waals surface area contributed by atoms with Crippen LogP contribution in [0.5, 0.6) is 11.5 Å². The number of carbonyl (C=O) groups excluding carboxylic acids is 1. The zero-order chi connectivity index (χ0) is 15.4. The SMILES string of the molecule is CCOc1cc2c(OCC)cc(C(=O)OC)nc2cc1F. The normalized spacial score (nSPS) is 10.5. The summed E-state index contributed by atoms with van der Waals surface area (Å²) in [5.41, 5.74) is 0.374. The average Bonchev–Trinajstić information content (AvgIpc) is 2.48. The van der Waals surface area contributed by atoms with Gasteiger partial charge in [-0.2, -0.15) is 0 Å². The summed E-state index contributed by atoms with van der Waals surface area (Å²) in [6.45, 7) is 4.34. The lowest BCUT2D eigenvalue weighted by atomic mass is 10.1. The lowest BCUT2D eigenvalue weighted by Crippen LogP contribution is -2.06. The van der Waals surface area contributed by atoms with E-state index in [0.29, 0.717) is 29.9 Å². The Kier molecular flexibility index (Phi) is 4.57. The van der Waals surface area contributed by atoms with E-state index in [-0.39, 0.29) is 11.4 Å². The highest BCUT2D eigenvalue weighted by Gasteiger charge is 2.16. The molecule has 1 aromatic carbocycles. The smallest absolute Gasteiger partial charge is 0.356 e. The van der Waals surface area contributed by atoms with Gasteiger partial charge in [0.05, 0.1) is 25.8 Å². The molecule has 0 spiro atoms. The largest absolute Gasteiger partial charge is 0.493 e. The number of carbonyl (C=O) groups is 1. The monoisotopic (exact) mass is 293 g/mol. The molecule has 0 N–H and O–H groups in total. The first-order valence-electron chi connectivity index (χ1n) is 6.58. The lowest BCUT2D eigenvalue weighted by Gasteiger charge is -2.11. The van der Waals surface area contributed by atoms with Gasteiger partial charge in [-0.15, -0.1) is 0 Å². The standard InChI is InChI=1S/C15H16FNO4/c1-4-20-13-8-12(15(18)19-3)17-11-7-10(16)14(21-5-2)6-9(11)13/h6-8H,4-5H2,1-3H3. The number of esters is 1. The predicted octanol–water partition coefficient (Wildman–Crippen LogP) is 2.96. The maximum absolute atomic E-state index is 13.9. The first-order chi connectivity index (χ1) is 10.1. The van der Waals surface area contributed by atoms with E-state index in [0.717, 1.165) is 0 Å². The van der Waals surface area contributed by atoms with Gasteiger partial charge in [0.25, 0.3) is 0 Å². The molecule has 6 heteroatoms. The highest BCUT2D eigenvalue weighted by Crippen LogP contribution is 2.31. The van der Waals surface area contributed by atoms with Crippen molar-refractivity contribution in [2.24, 2.45) is 0 Å². The van der Waals surface area contributed by atoms with Gasteiger partial charge in [-0.3, -0.25) is 0 Å². The summed E-state index contributed by atoms with van der Waals surface area (Å²) in [5.74, 6) is -0.587. The van der Waals surface area contributed by atoms with Crippen molar-refractivity contribution in [1.82, 2.24) is 4.98 Å². The molecule has 0 unspecified atom stereocenters. The number of ether oxygens (including phenoxy) is 3. The van der Waals surface area contributed by atoms with Gasteiger partial charge in [0.15, 0.2) is 17.3 Å². The van der Waals surface area contributed by atoms with Gasteiger partial charge < -0.3 is 14.2 Å². The maximum Gasteiger partial charge on any atom is 0.356 e. The number of fused-ring (bicyclic) bond motifs is 1. The third-order valence-corrected chi connectivity index (χ3v) is 2.82. The van der Waals surface area contributed by atoms with Crippen LogP contribution < -0.4 is 9.47 Å². The van der Waals surface area contributed by atoms with Crippen LogP contribution in [0.3, 0.4) is 0 Å². The minimum absolute atomic E-state index is 0.0667. The zero-order valence-corrected chi connectivity index (χ0v) is 12.1. The number of hydrogen-bond donors (Lipinski definition) is 0. The molecule has 0 radical (unpaired) electrons. The summed E-state index contributed by atoms with van der Waals surface area (Å²) in [6, 6.07) is 4.22. The molecule has 0 saturated carbocycles. The average molecular weight is 293 g/mol. The van der Waals surface area contributed by atoms with Crippen molar-refractivity contribution < 1.29 is 23.4 Å². The Hall–Kier alpha value is -2.37. The van der Waals surface area contributed by atoms with Crippen LogP contribution in [0, 0.1) is 5.82 Å². The van der Waals surface area contributed by atoms with Crippen molar-refractivity contribution in [3.63, 3.8) is 0 Å². The Morgan fingerprint density at radius 2 is 1.81 bits per heavy atom. The molecule has 0 atom stereocenters. The number of benzene rings is 1. The van der Waals surface area contributed by atoms with Crippen LogP contribution in [0.1, 0.15) is 24.3 Å². The van der Waals surface area contributed by atoms with Crippen molar-refractivity contribution in [3.8, 4) is 11.5 Å². The molecule has 0 saturated heterocycles. The van der Waals surface area contributed by atoms with Crippen molar-refractivity contribution in [1.29, 1.82) is 0 Å². The molecule has 2 aromatic rings. The summed E-state index contributed by atoms with van der Waals surface area (Å²) >= 11 is 0. The minimum atomic E-state index is -0.604. The predicted molar refractivity (Wildman–Crippen MR) is 75.4 cm³/mol. The number of hydrogen-bond acceptors (Lipinski definition) is 5. The van der Waals surface area contributed by atoms with Crippen LogP contribution in [0.4, 0.5) is 4.39 Å². The fourth-order valence-corrected chi connectivity index (χ4v) is 1.95. The molecular formula is C15H16FNO4. The van der Waals surface area contributed by atoms with Gasteiger partial charge >= 0.3 is 5.97 Å². The zero-order valence-electron chi connectivity index (χ0n) is 12.1. The van der Waals surface area contributed by atoms with E-state index in [9.17, 15) is 9.18 Å². The molecule has 2 rings (SSSR count). The molecule has 21 heavy (non-hydrogen) atoms. The number of rotatable bonds is 5. The Labute approximate surface area is 121 Å². The van der Waals surface area contributed by atoms with E-state index in [1.165, 1.54) is 25.3 Å². The number of methoxy groups -OCH3 is 1. The van der Waals surface area contributed by atoms with Crippen LogP contribution in [-0.4, -0.2) is 31.3 Å². The number of halogens is 1. The molecule has 112 valence electrons. The topological polar surface area (TPSA) is 57.7 Å². The first kappa shape index (κ1) is 15.0. The van der Waals surface area contributed by atoms with Crippen molar-refractivity contribution in [2.45, 2.75) is 13.8 Å². The van der Waals surface area contributed by atoms with Crippen LogP contribution in [0.15, 0.2) is 18.2 Å². The molecule has 0 amide bonds. The number of pyridine rings is 1. The van der Waals surface area contributed by atoms with Gasteiger partial charge in [0.1, 0.15) is 5.75 Å². The van der Waals surface area contributed by atoms with Crippen LogP contribution in [0.2, 0.25) is 0 Å². The van der Waals surface area contributed by atoms with Gasteiger partial charge in [-0.1, -0.05) is 0 Å². The van der Waals surface area contributed by atoms with Crippen molar-refractivity contribution in [3.05, 3.63) is 29.7 Å². The second kappa shape index (κ2) is 6.39. The first-order valence-corrected chi connectivity index (χ1v) is 6.58. The minimum Gasteiger partial charge on any atom is -0.493 e. The number of aromatic nitrogens is 1. The molecule has 1 aromatic heterocycles. The quantitative estimate of drug-likeness (QED) is 0.793. The molecular weight excluding hydrogens is 277 g/mol. The van der Waals surface area contributed by atoms with Crippen molar-refractivity contribution in [2.75, 3.05) is 20.3 Å². The summed E-state index contributed by atoms with van der Waals surface area (Å²) < 4.78 is 29.3. The second-order valence-corrected chi connectivity index (χ2v) is 4.16. The Morgan fingerprint density at radius 3 is 2.43 bits per heavy atom. The highest BCUT2D eigenvalue weighted by atomic mass is 19.1. The molecule has 0 aliphatic rings. The molecule has 5 nitrogen and oxygen atoms in total. The summed E-state index contributed by atoms with van der Waals surface area (Å²) in [6.07, 6.45) is 0. The van der Waals surface area contributed by atoms with Crippen LogP contribution in [-0.2, 0) is 4.74 Å². The Bertz CT molecular complexity index is 672.